The van der Waals surface area contributed by atoms with Gasteiger partial charge in [0.2, 0.25) is 0 Å². The molecule has 1 aromatic rings. The molecular formula is C12H13NO3. The number of carbonyl (C=O) groups excluding carboxylic acids is 2. The first kappa shape index (κ1) is 10.7. The number of carbonyl (C=O) groups is 2. The number of aromatic hydroxyl groups is 1. The van der Waals surface area contributed by atoms with Crippen molar-refractivity contribution in [2.75, 3.05) is 13.1 Å². The van der Waals surface area contributed by atoms with E-state index in [-0.39, 0.29) is 17.2 Å². The van der Waals surface area contributed by atoms with E-state index in [0.717, 1.165) is 12.0 Å². The van der Waals surface area contributed by atoms with Crippen molar-refractivity contribution in [1.29, 1.82) is 0 Å². The fourth-order valence-corrected chi connectivity index (χ4v) is 1.98. The highest BCUT2D eigenvalue weighted by atomic mass is 16.3. The van der Waals surface area contributed by atoms with Crippen LogP contribution in [0.15, 0.2) is 12.1 Å². The van der Waals surface area contributed by atoms with Crippen LogP contribution in [0.5, 0.6) is 5.75 Å². The van der Waals surface area contributed by atoms with Crippen LogP contribution >= 0.6 is 0 Å². The maximum atomic E-state index is 12.0. The van der Waals surface area contributed by atoms with Gasteiger partial charge in [-0.2, -0.15) is 0 Å². The topological polar surface area (TPSA) is 57.6 Å². The Morgan fingerprint density at radius 2 is 2.25 bits per heavy atom. The molecule has 0 aromatic heterocycles. The Hall–Kier alpha value is -1.84. The zero-order valence-corrected chi connectivity index (χ0v) is 9.06. The van der Waals surface area contributed by atoms with Crippen LogP contribution in [0.2, 0.25) is 0 Å². The minimum atomic E-state index is -0.0631. The predicted molar refractivity (Wildman–Crippen MR) is 58.8 cm³/mol. The molecule has 16 heavy (non-hydrogen) atoms. The van der Waals surface area contributed by atoms with Crippen molar-refractivity contribution in [2.24, 2.45) is 0 Å². The monoisotopic (exact) mass is 219 g/mol. The van der Waals surface area contributed by atoms with E-state index in [1.165, 1.54) is 12.1 Å². The van der Waals surface area contributed by atoms with Gasteiger partial charge in [-0.1, -0.05) is 0 Å². The van der Waals surface area contributed by atoms with Gasteiger partial charge in [0, 0.05) is 18.7 Å². The quantitative estimate of drug-likeness (QED) is 0.761. The molecule has 0 spiro atoms. The summed E-state index contributed by atoms with van der Waals surface area (Å²) in [6.07, 6.45) is 1.29. The fraction of sp³-hybridized carbons (Fsp3) is 0.333. The van der Waals surface area contributed by atoms with Crippen LogP contribution < -0.4 is 0 Å². The molecule has 2 rings (SSSR count). The molecule has 0 aliphatic carbocycles. The third kappa shape index (κ3) is 1.56. The van der Waals surface area contributed by atoms with Crippen LogP contribution in [0.3, 0.4) is 0 Å². The number of nitrogens with zero attached hydrogens (tertiary/aromatic N) is 1. The summed E-state index contributed by atoms with van der Waals surface area (Å²) in [5.74, 6) is -0.113. The molecule has 1 aromatic carbocycles. The smallest absolute Gasteiger partial charge is 0.254 e. The normalized spacial score (nSPS) is 14.8. The molecule has 0 bridgehead atoms. The molecule has 84 valence electrons. The summed E-state index contributed by atoms with van der Waals surface area (Å²) in [7, 11) is 0. The minimum absolute atomic E-state index is 0.0495. The Bertz CT molecular complexity index is 454. The van der Waals surface area contributed by atoms with Gasteiger partial charge in [-0.15, -0.1) is 0 Å². The van der Waals surface area contributed by atoms with Crippen molar-refractivity contribution in [3.8, 4) is 5.75 Å². The first-order valence-corrected chi connectivity index (χ1v) is 5.27. The van der Waals surface area contributed by atoms with Gasteiger partial charge < -0.3 is 10.0 Å². The lowest BCUT2D eigenvalue weighted by Crippen LogP contribution is -2.37. The maximum absolute atomic E-state index is 12.0. The molecule has 1 aliphatic heterocycles. The van der Waals surface area contributed by atoms with E-state index >= 15 is 0 Å². The number of phenolic OH excluding ortho intramolecular Hbond substituents is 1. The predicted octanol–water partition coefficient (Wildman–Crippen LogP) is 1.22. The molecule has 1 heterocycles. The largest absolute Gasteiger partial charge is 0.507 e. The first-order chi connectivity index (χ1) is 7.67. The minimum Gasteiger partial charge on any atom is -0.507 e. The summed E-state index contributed by atoms with van der Waals surface area (Å²) in [6.45, 7) is 3.25. The Kier molecular flexibility index (Phi) is 2.64. The van der Waals surface area contributed by atoms with Crippen LogP contribution in [0.4, 0.5) is 0 Å². The van der Waals surface area contributed by atoms with Crippen LogP contribution in [-0.4, -0.2) is 35.3 Å². The molecular weight excluding hydrogens is 206 g/mol. The summed E-state index contributed by atoms with van der Waals surface area (Å²) in [4.78, 5) is 24.4. The molecule has 0 radical (unpaired) electrons. The molecule has 0 atom stereocenters. The van der Waals surface area contributed by atoms with E-state index in [1.54, 1.807) is 4.90 Å². The number of hydrogen-bond donors (Lipinski definition) is 1. The first-order valence-electron chi connectivity index (χ1n) is 5.27. The summed E-state index contributed by atoms with van der Waals surface area (Å²) in [5, 5.41) is 9.52. The van der Waals surface area contributed by atoms with E-state index in [2.05, 4.69) is 0 Å². The SMILES string of the molecule is CCN1CCc2cc(O)c(C=O)cc2C1=O. The number of rotatable bonds is 2. The second-order valence-corrected chi connectivity index (χ2v) is 3.82. The van der Waals surface area contributed by atoms with Gasteiger partial charge in [0.1, 0.15) is 5.75 Å². The number of amides is 1. The molecule has 0 saturated heterocycles. The highest BCUT2D eigenvalue weighted by molar-refractivity contribution is 5.99. The summed E-state index contributed by atoms with van der Waals surface area (Å²) >= 11 is 0. The van der Waals surface area contributed by atoms with Crippen LogP contribution in [0.25, 0.3) is 0 Å². The van der Waals surface area contributed by atoms with Crippen molar-refractivity contribution in [3.05, 3.63) is 28.8 Å². The van der Waals surface area contributed by atoms with E-state index in [9.17, 15) is 14.7 Å². The molecule has 4 heteroatoms. The number of phenols is 1. The third-order valence-electron chi connectivity index (χ3n) is 2.93. The summed E-state index contributed by atoms with van der Waals surface area (Å²) < 4.78 is 0. The number of aldehydes is 1. The Morgan fingerprint density at radius 3 is 2.88 bits per heavy atom. The molecule has 0 saturated carbocycles. The van der Waals surface area contributed by atoms with E-state index in [4.69, 9.17) is 0 Å². The average molecular weight is 219 g/mol. The van der Waals surface area contributed by atoms with Crippen molar-refractivity contribution in [3.63, 3.8) is 0 Å². The molecule has 1 N–H and O–H groups in total. The van der Waals surface area contributed by atoms with Gasteiger partial charge in [0.05, 0.1) is 5.56 Å². The third-order valence-corrected chi connectivity index (χ3v) is 2.93. The van der Waals surface area contributed by atoms with Crippen molar-refractivity contribution >= 4 is 12.2 Å². The highest BCUT2D eigenvalue weighted by Crippen LogP contribution is 2.26. The van der Waals surface area contributed by atoms with Crippen molar-refractivity contribution in [2.45, 2.75) is 13.3 Å². The second-order valence-electron chi connectivity index (χ2n) is 3.82. The van der Waals surface area contributed by atoms with Gasteiger partial charge in [0.15, 0.2) is 6.29 Å². The average Bonchev–Trinajstić information content (AvgIpc) is 2.29. The van der Waals surface area contributed by atoms with Crippen LogP contribution in [0.1, 0.15) is 33.2 Å². The van der Waals surface area contributed by atoms with Crippen molar-refractivity contribution in [1.82, 2.24) is 4.90 Å². The van der Waals surface area contributed by atoms with Crippen LogP contribution in [0, 0.1) is 0 Å². The fourth-order valence-electron chi connectivity index (χ4n) is 1.98. The van der Waals surface area contributed by atoms with E-state index in [1.807, 2.05) is 6.92 Å². The Labute approximate surface area is 93.5 Å². The Balaban J connectivity index is 2.51. The standard InChI is InChI=1S/C12H13NO3/c1-2-13-4-3-8-6-11(15)9(7-14)5-10(8)12(13)16/h5-7,15H,2-4H2,1H3. The zero-order valence-electron chi connectivity index (χ0n) is 9.06. The second kappa shape index (κ2) is 3.96. The van der Waals surface area contributed by atoms with Gasteiger partial charge in [-0.05, 0) is 31.0 Å². The molecule has 1 amide bonds. The Morgan fingerprint density at radius 1 is 1.50 bits per heavy atom. The van der Waals surface area contributed by atoms with E-state index < -0.39 is 0 Å². The molecule has 1 aliphatic rings. The lowest BCUT2D eigenvalue weighted by molar-refractivity contribution is 0.0749. The number of hydrogen-bond acceptors (Lipinski definition) is 3. The van der Waals surface area contributed by atoms with Gasteiger partial charge in [0.25, 0.3) is 5.91 Å². The summed E-state index contributed by atoms with van der Waals surface area (Å²) in [6, 6.07) is 2.99. The van der Waals surface area contributed by atoms with Crippen LogP contribution in [-0.2, 0) is 6.42 Å². The number of likely N-dealkylation sites (N-methyl/N-ethyl adjacent to an activating group) is 1. The summed E-state index contributed by atoms with van der Waals surface area (Å²) in [5.41, 5.74) is 1.52. The lowest BCUT2D eigenvalue weighted by Gasteiger charge is -2.27. The molecule has 4 nitrogen and oxygen atoms in total. The van der Waals surface area contributed by atoms with Gasteiger partial charge in [-0.3, -0.25) is 9.59 Å². The van der Waals surface area contributed by atoms with E-state index in [0.29, 0.717) is 24.9 Å². The number of benzene rings is 1. The molecule has 0 unspecified atom stereocenters. The number of fused-ring (bicyclic) bond motifs is 1. The zero-order chi connectivity index (χ0) is 11.7. The van der Waals surface area contributed by atoms with Crippen molar-refractivity contribution < 1.29 is 14.7 Å². The highest BCUT2D eigenvalue weighted by Gasteiger charge is 2.24. The molecule has 0 fully saturated rings. The van der Waals surface area contributed by atoms with Gasteiger partial charge in [-0.25, -0.2) is 0 Å². The van der Waals surface area contributed by atoms with Gasteiger partial charge >= 0.3 is 0 Å². The lowest BCUT2D eigenvalue weighted by atomic mass is 9.96. The maximum Gasteiger partial charge on any atom is 0.254 e.